The lowest BCUT2D eigenvalue weighted by molar-refractivity contribution is -0.187. The van der Waals surface area contributed by atoms with Gasteiger partial charge in [0.15, 0.2) is 0 Å². The Labute approximate surface area is 221 Å². The van der Waals surface area contributed by atoms with Crippen LogP contribution >= 0.6 is 0 Å². The Morgan fingerprint density at radius 1 is 1.23 bits per heavy atom. The second-order valence-corrected chi connectivity index (χ2v) is 10.0. The monoisotopic (exact) mass is 546 g/mol. The molecular weight excluding hydrogens is 520 g/mol. The van der Waals surface area contributed by atoms with Gasteiger partial charge in [-0.2, -0.15) is 13.2 Å². The third kappa shape index (κ3) is 5.19. The molecule has 1 unspecified atom stereocenters. The normalized spacial score (nSPS) is 22.8. The van der Waals surface area contributed by atoms with Gasteiger partial charge in [-0.15, -0.1) is 0 Å². The minimum atomic E-state index is -4.70. The standard InChI is InChI=1S/C27H26F4N4O4/c1-15(27(29,30)31)35(14-16-4-6-18(28)7-5-16)23(36)11-17-13-26(24(37)34-25(38)39-26)21-9-8-19(12-20(17)21)33-22-3-2-10-32-22/h4-9,12,15,17H,2-3,10-11,13-14H2,1H3,(H,32,33)(H,34,37,38)/t15-,17?,26+/m0/s1. The summed E-state index contributed by atoms with van der Waals surface area (Å²) in [5.41, 5.74) is 0.213. The number of nitrogens with one attached hydrogen (secondary N) is 2. The van der Waals surface area contributed by atoms with Gasteiger partial charge < -0.3 is 15.0 Å². The maximum Gasteiger partial charge on any atom is 0.415 e. The van der Waals surface area contributed by atoms with Gasteiger partial charge >= 0.3 is 12.3 Å². The second kappa shape index (κ2) is 9.97. The molecule has 0 aromatic heterocycles. The topological polar surface area (TPSA) is 100 Å². The number of aliphatic imine (C=N–C) groups is 1. The number of halogens is 4. The first-order chi connectivity index (χ1) is 18.5. The maximum atomic E-state index is 13.8. The van der Waals surface area contributed by atoms with Gasteiger partial charge in [-0.1, -0.05) is 18.2 Å². The first-order valence-electron chi connectivity index (χ1n) is 12.6. The average Bonchev–Trinajstić information content (AvgIpc) is 3.56. The van der Waals surface area contributed by atoms with Crippen molar-refractivity contribution in [1.29, 1.82) is 0 Å². The number of alkyl carbamates (subject to hydrolysis) is 1. The van der Waals surface area contributed by atoms with Crippen LogP contribution in [0.1, 0.15) is 55.2 Å². The summed E-state index contributed by atoms with van der Waals surface area (Å²) in [5.74, 6) is -1.97. The Morgan fingerprint density at radius 3 is 2.59 bits per heavy atom. The van der Waals surface area contributed by atoms with Crippen LogP contribution in [0.15, 0.2) is 47.5 Å². The molecule has 1 aliphatic carbocycles. The number of benzene rings is 2. The highest BCUT2D eigenvalue weighted by atomic mass is 19.4. The lowest BCUT2D eigenvalue weighted by Crippen LogP contribution is -2.46. The van der Waals surface area contributed by atoms with Crippen molar-refractivity contribution >= 4 is 29.4 Å². The number of fused-ring (bicyclic) bond motifs is 2. The molecule has 0 saturated carbocycles. The number of ether oxygens (including phenoxy) is 1. The van der Waals surface area contributed by atoms with Crippen LogP contribution in [0.25, 0.3) is 0 Å². The van der Waals surface area contributed by atoms with Crippen molar-refractivity contribution in [3.63, 3.8) is 0 Å². The molecule has 1 fully saturated rings. The van der Waals surface area contributed by atoms with Crippen LogP contribution in [0.3, 0.4) is 0 Å². The molecule has 2 aromatic carbocycles. The van der Waals surface area contributed by atoms with E-state index in [1.807, 2.05) is 0 Å². The molecule has 2 aromatic rings. The Morgan fingerprint density at radius 2 is 1.97 bits per heavy atom. The molecule has 5 rings (SSSR count). The van der Waals surface area contributed by atoms with Gasteiger partial charge in [0.25, 0.3) is 5.91 Å². The van der Waals surface area contributed by atoms with Gasteiger partial charge in [0.1, 0.15) is 17.7 Å². The van der Waals surface area contributed by atoms with Gasteiger partial charge in [-0.25, -0.2) is 9.18 Å². The number of carbonyl (C=O) groups is 3. The van der Waals surface area contributed by atoms with E-state index in [1.165, 1.54) is 12.1 Å². The van der Waals surface area contributed by atoms with Gasteiger partial charge in [0.05, 0.1) is 0 Å². The van der Waals surface area contributed by atoms with E-state index in [0.717, 1.165) is 37.7 Å². The Hall–Kier alpha value is -3.96. The Kier molecular flexibility index (Phi) is 6.81. The molecule has 3 amide bonds. The summed E-state index contributed by atoms with van der Waals surface area (Å²) >= 11 is 0. The zero-order valence-corrected chi connectivity index (χ0v) is 21.0. The van der Waals surface area contributed by atoms with Crippen molar-refractivity contribution in [2.45, 2.75) is 62.9 Å². The van der Waals surface area contributed by atoms with E-state index < -0.39 is 47.5 Å². The predicted molar refractivity (Wildman–Crippen MR) is 132 cm³/mol. The third-order valence-corrected chi connectivity index (χ3v) is 7.42. The number of nitrogens with zero attached hydrogens (tertiary/aromatic N) is 2. The minimum absolute atomic E-state index is 0.0964. The summed E-state index contributed by atoms with van der Waals surface area (Å²) in [5, 5.41) is 5.33. The van der Waals surface area contributed by atoms with Gasteiger partial charge in [0.2, 0.25) is 11.5 Å². The summed E-state index contributed by atoms with van der Waals surface area (Å²) in [6, 6.07) is 7.81. The van der Waals surface area contributed by atoms with Gasteiger partial charge in [0, 0.05) is 43.6 Å². The molecule has 0 bridgehead atoms. The van der Waals surface area contributed by atoms with E-state index in [9.17, 15) is 31.9 Å². The van der Waals surface area contributed by atoms with Crippen molar-refractivity contribution in [3.05, 3.63) is 65.0 Å². The molecule has 12 heteroatoms. The van der Waals surface area contributed by atoms with Gasteiger partial charge in [-0.05, 0) is 54.7 Å². The van der Waals surface area contributed by atoms with E-state index in [-0.39, 0.29) is 19.4 Å². The van der Waals surface area contributed by atoms with Crippen molar-refractivity contribution in [1.82, 2.24) is 10.2 Å². The van der Waals surface area contributed by atoms with Crippen LogP contribution in [0, 0.1) is 5.82 Å². The van der Waals surface area contributed by atoms with Crippen LogP contribution < -0.4 is 10.6 Å². The fourth-order valence-corrected chi connectivity index (χ4v) is 5.37. The maximum absolute atomic E-state index is 13.8. The van der Waals surface area contributed by atoms with Crippen molar-refractivity contribution in [2.24, 2.45) is 4.99 Å². The molecule has 2 N–H and O–H groups in total. The van der Waals surface area contributed by atoms with Crippen LogP contribution in [0.2, 0.25) is 0 Å². The van der Waals surface area contributed by atoms with Crippen LogP contribution in [0.4, 0.5) is 28.0 Å². The molecule has 1 spiro atoms. The number of hydrogen-bond acceptors (Lipinski definition) is 6. The smallest absolute Gasteiger partial charge is 0.415 e. The first-order valence-corrected chi connectivity index (χ1v) is 12.6. The molecule has 2 aliphatic heterocycles. The molecular formula is C27H26F4N4O4. The third-order valence-electron chi connectivity index (χ3n) is 7.42. The summed E-state index contributed by atoms with van der Waals surface area (Å²) in [7, 11) is 0. The quantitative estimate of drug-likeness (QED) is 0.510. The molecule has 1 saturated heterocycles. The fourth-order valence-electron chi connectivity index (χ4n) is 5.37. The average molecular weight is 547 g/mol. The van der Waals surface area contributed by atoms with Crippen LogP contribution in [-0.2, 0) is 26.5 Å². The lowest BCUT2D eigenvalue weighted by Gasteiger charge is -2.32. The number of alkyl halides is 3. The number of amides is 3. The van der Waals surface area contributed by atoms with E-state index >= 15 is 0 Å². The first kappa shape index (κ1) is 26.6. The fraction of sp³-hybridized carbons (Fsp3) is 0.407. The van der Waals surface area contributed by atoms with Crippen LogP contribution in [0.5, 0.6) is 0 Å². The SMILES string of the molecule is C[C@H](N(Cc1ccc(F)cc1)C(=O)CC1C[C@@]2(OC(=O)NC2=O)c2ccc(NC3=NCCC3)cc21)C(F)(F)F. The van der Waals surface area contributed by atoms with E-state index in [0.29, 0.717) is 33.8 Å². The number of carbonyl (C=O) groups excluding carboxylic acids is 3. The molecule has 0 radical (unpaired) electrons. The zero-order valence-electron chi connectivity index (χ0n) is 21.0. The molecule has 206 valence electrons. The van der Waals surface area contributed by atoms with Crippen molar-refractivity contribution < 1.29 is 36.7 Å². The Balaban J connectivity index is 1.46. The highest BCUT2D eigenvalue weighted by Gasteiger charge is 2.57. The number of amidine groups is 1. The van der Waals surface area contributed by atoms with Crippen LogP contribution in [-0.4, -0.2) is 47.4 Å². The van der Waals surface area contributed by atoms with Gasteiger partial charge in [-0.3, -0.25) is 19.9 Å². The van der Waals surface area contributed by atoms with E-state index in [2.05, 4.69) is 15.6 Å². The highest BCUT2D eigenvalue weighted by molar-refractivity contribution is 6.04. The molecule has 3 atom stereocenters. The number of rotatable bonds is 6. The Bertz CT molecular complexity index is 1340. The molecule has 39 heavy (non-hydrogen) atoms. The summed E-state index contributed by atoms with van der Waals surface area (Å²) in [6.45, 7) is 1.20. The number of hydrogen-bond donors (Lipinski definition) is 2. The van der Waals surface area contributed by atoms with Crippen molar-refractivity contribution in [2.75, 3.05) is 11.9 Å². The number of imide groups is 1. The van der Waals surface area contributed by atoms with E-state index in [4.69, 9.17) is 4.74 Å². The molecule has 2 heterocycles. The number of anilines is 1. The van der Waals surface area contributed by atoms with Crippen molar-refractivity contribution in [3.8, 4) is 0 Å². The predicted octanol–water partition coefficient (Wildman–Crippen LogP) is 4.75. The molecule has 3 aliphatic rings. The largest absolute Gasteiger partial charge is 0.427 e. The summed E-state index contributed by atoms with van der Waals surface area (Å²) in [6.07, 6.45) is -4.43. The van der Waals surface area contributed by atoms with E-state index in [1.54, 1.807) is 18.2 Å². The minimum Gasteiger partial charge on any atom is -0.427 e. The summed E-state index contributed by atoms with van der Waals surface area (Å²) in [4.78, 5) is 43.4. The zero-order chi connectivity index (χ0) is 27.9. The second-order valence-electron chi connectivity index (χ2n) is 10.0. The highest BCUT2D eigenvalue weighted by Crippen LogP contribution is 2.51. The molecule has 8 nitrogen and oxygen atoms in total. The lowest BCUT2D eigenvalue weighted by atomic mass is 9.94. The summed E-state index contributed by atoms with van der Waals surface area (Å²) < 4.78 is 60.1.